The minimum absolute atomic E-state index is 0.178. The predicted octanol–water partition coefficient (Wildman–Crippen LogP) is 3.63. The third kappa shape index (κ3) is 5.38. The van der Waals surface area contributed by atoms with E-state index in [2.05, 4.69) is 30.1 Å². The van der Waals surface area contributed by atoms with Gasteiger partial charge in [-0.3, -0.25) is 9.82 Å². The largest absolute Gasteiger partial charge is 0.368 e. The lowest BCUT2D eigenvalue weighted by Gasteiger charge is -2.13. The molecule has 0 aliphatic heterocycles. The molecule has 0 saturated heterocycles. The maximum absolute atomic E-state index is 14.0. The molecule has 0 aliphatic rings. The van der Waals surface area contributed by atoms with E-state index in [9.17, 15) is 17.2 Å². The van der Waals surface area contributed by atoms with Gasteiger partial charge in [0, 0.05) is 24.3 Å². The van der Waals surface area contributed by atoms with Crippen molar-refractivity contribution in [3.8, 4) is 11.4 Å². The third-order valence-electron chi connectivity index (χ3n) is 5.26. The highest BCUT2D eigenvalue weighted by Crippen LogP contribution is 2.28. The van der Waals surface area contributed by atoms with Crippen molar-refractivity contribution < 1.29 is 17.2 Å². The van der Waals surface area contributed by atoms with Crippen LogP contribution in [0.1, 0.15) is 12.6 Å². The van der Waals surface area contributed by atoms with E-state index in [4.69, 9.17) is 4.98 Å². The highest BCUT2D eigenvalue weighted by atomic mass is 32.2. The molecule has 2 aromatic heterocycles. The zero-order valence-corrected chi connectivity index (χ0v) is 20.2. The van der Waals surface area contributed by atoms with E-state index in [0.29, 0.717) is 41.9 Å². The van der Waals surface area contributed by atoms with Crippen molar-refractivity contribution in [1.82, 2.24) is 25.1 Å². The lowest BCUT2D eigenvalue weighted by Crippen LogP contribution is -2.21. The Hall–Kier alpha value is -3.64. The molecule has 0 atom stereocenters. The van der Waals surface area contributed by atoms with Crippen molar-refractivity contribution in [2.45, 2.75) is 18.2 Å². The summed E-state index contributed by atoms with van der Waals surface area (Å²) in [6, 6.07) is 8.54. The van der Waals surface area contributed by atoms with E-state index >= 15 is 0 Å². The Morgan fingerprint density at radius 3 is 2.49 bits per heavy atom. The highest BCUT2D eigenvalue weighted by molar-refractivity contribution is 7.92. The second-order valence-electron chi connectivity index (χ2n) is 8.13. The zero-order valence-electron chi connectivity index (χ0n) is 19.4. The van der Waals surface area contributed by atoms with E-state index in [1.807, 2.05) is 21.0 Å². The summed E-state index contributed by atoms with van der Waals surface area (Å²) in [6.45, 7) is 3.48. The van der Waals surface area contributed by atoms with Crippen LogP contribution in [0.5, 0.6) is 0 Å². The van der Waals surface area contributed by atoms with Crippen LogP contribution in [0.3, 0.4) is 0 Å². The van der Waals surface area contributed by atoms with E-state index in [1.54, 1.807) is 12.1 Å². The van der Waals surface area contributed by atoms with E-state index < -0.39 is 26.6 Å². The Morgan fingerprint density at radius 2 is 1.80 bits per heavy atom. The molecule has 35 heavy (non-hydrogen) atoms. The summed E-state index contributed by atoms with van der Waals surface area (Å²) in [6.07, 6.45) is 0.714. The molecule has 0 fully saturated rings. The minimum atomic E-state index is -4.32. The molecule has 0 aliphatic carbocycles. The molecule has 0 amide bonds. The van der Waals surface area contributed by atoms with Gasteiger partial charge in [0.25, 0.3) is 10.0 Å². The first kappa shape index (κ1) is 24.5. The summed E-state index contributed by atoms with van der Waals surface area (Å²) in [7, 11) is -0.355. The molecular weight excluding hydrogens is 476 g/mol. The van der Waals surface area contributed by atoms with Crippen molar-refractivity contribution in [3.63, 3.8) is 0 Å². The smallest absolute Gasteiger partial charge is 0.264 e. The number of fused-ring (bicyclic) bond motifs is 1. The number of rotatable bonds is 9. The lowest BCUT2D eigenvalue weighted by atomic mass is 10.2. The van der Waals surface area contributed by atoms with Crippen molar-refractivity contribution in [2.75, 3.05) is 37.2 Å². The molecule has 2 heterocycles. The van der Waals surface area contributed by atoms with Gasteiger partial charge in [0.1, 0.15) is 22.3 Å². The topological polar surface area (TPSA) is 116 Å². The Balaban J connectivity index is 1.63. The number of benzene rings is 2. The molecule has 2 aromatic carbocycles. The van der Waals surface area contributed by atoms with Crippen LogP contribution in [-0.2, 0) is 16.4 Å². The number of aromatic amines is 1. The number of nitrogens with zero attached hydrogens (tertiary/aromatic N) is 4. The average Bonchev–Trinajstić information content (AvgIpc) is 3.24. The first-order chi connectivity index (χ1) is 16.7. The van der Waals surface area contributed by atoms with E-state index in [0.717, 1.165) is 29.8 Å². The summed E-state index contributed by atoms with van der Waals surface area (Å²) in [5.74, 6) is -0.822. The van der Waals surface area contributed by atoms with E-state index in [1.165, 1.54) is 12.1 Å². The molecule has 9 nitrogen and oxygen atoms in total. The first-order valence-electron chi connectivity index (χ1n) is 10.9. The van der Waals surface area contributed by atoms with Gasteiger partial charge in [-0.2, -0.15) is 5.10 Å². The summed E-state index contributed by atoms with van der Waals surface area (Å²) in [5.41, 5.74) is 2.26. The fourth-order valence-electron chi connectivity index (χ4n) is 3.48. The Morgan fingerprint density at radius 1 is 1.06 bits per heavy atom. The minimum Gasteiger partial charge on any atom is -0.368 e. The number of hydrogen-bond donors (Lipinski definition) is 3. The van der Waals surface area contributed by atoms with Gasteiger partial charge in [0.15, 0.2) is 11.5 Å². The molecule has 0 saturated carbocycles. The SMILES string of the molecule is CCc1n[nH]c2nc(-c3ccc(NS(=O)(=O)c4cc(F)ccc4F)cc3)nc(NCCN(C)C)c12. The number of nitrogens with one attached hydrogen (secondary N) is 3. The molecule has 12 heteroatoms. The van der Waals surface area contributed by atoms with Crippen LogP contribution in [0.15, 0.2) is 47.4 Å². The van der Waals surface area contributed by atoms with Gasteiger partial charge >= 0.3 is 0 Å². The van der Waals surface area contributed by atoms with Gasteiger partial charge in [0.2, 0.25) is 0 Å². The predicted molar refractivity (Wildman–Crippen MR) is 131 cm³/mol. The summed E-state index contributed by atoms with van der Waals surface area (Å²) in [5, 5.41) is 11.5. The van der Waals surface area contributed by atoms with E-state index in [-0.39, 0.29) is 5.69 Å². The van der Waals surface area contributed by atoms with Crippen LogP contribution in [0.2, 0.25) is 0 Å². The van der Waals surface area contributed by atoms with Crippen LogP contribution in [0, 0.1) is 11.6 Å². The number of aryl methyl sites for hydroxylation is 1. The second-order valence-corrected chi connectivity index (χ2v) is 9.78. The standard InChI is InChI=1S/C23H25F2N7O2S/c1-4-18-20-22(26-11-12-32(2)3)27-21(28-23(20)30-29-18)14-5-8-16(9-6-14)31-35(33,34)19-13-15(24)7-10-17(19)25/h5-10,13,31H,4,11-12H2,1-3H3,(H2,26,27,28,29,30). The molecular formula is C23H25F2N7O2S. The molecule has 4 aromatic rings. The van der Waals surface area contributed by atoms with Crippen LogP contribution in [0.25, 0.3) is 22.4 Å². The maximum atomic E-state index is 14.0. The quantitative estimate of drug-likeness (QED) is 0.321. The molecule has 0 spiro atoms. The van der Waals surface area contributed by atoms with Crippen LogP contribution < -0.4 is 10.0 Å². The van der Waals surface area contributed by atoms with Gasteiger partial charge in [0.05, 0.1) is 11.1 Å². The highest BCUT2D eigenvalue weighted by Gasteiger charge is 2.20. The van der Waals surface area contributed by atoms with Crippen molar-refractivity contribution >= 4 is 32.6 Å². The molecule has 4 rings (SSSR count). The monoisotopic (exact) mass is 501 g/mol. The van der Waals surface area contributed by atoms with Gasteiger partial charge in [-0.15, -0.1) is 0 Å². The van der Waals surface area contributed by atoms with Crippen molar-refractivity contribution in [2.24, 2.45) is 0 Å². The fraction of sp³-hybridized carbons (Fsp3) is 0.261. The number of aromatic nitrogens is 4. The number of anilines is 2. The number of likely N-dealkylation sites (N-methyl/N-ethyl adjacent to an activating group) is 1. The zero-order chi connectivity index (χ0) is 25.2. The Kier molecular flexibility index (Phi) is 6.94. The summed E-state index contributed by atoms with van der Waals surface area (Å²) >= 11 is 0. The molecule has 0 radical (unpaired) electrons. The maximum Gasteiger partial charge on any atom is 0.264 e. The summed E-state index contributed by atoms with van der Waals surface area (Å²) in [4.78, 5) is 10.6. The fourth-order valence-corrected chi connectivity index (χ4v) is 4.63. The third-order valence-corrected chi connectivity index (χ3v) is 6.66. The Bertz CT molecular complexity index is 1460. The molecule has 184 valence electrons. The number of halogens is 2. The first-order valence-corrected chi connectivity index (χ1v) is 12.4. The Labute approximate surface area is 201 Å². The number of H-pyrrole nitrogens is 1. The summed E-state index contributed by atoms with van der Waals surface area (Å²) < 4.78 is 54.7. The van der Waals surface area contributed by atoms with Crippen molar-refractivity contribution in [3.05, 3.63) is 59.8 Å². The van der Waals surface area contributed by atoms with Crippen molar-refractivity contribution in [1.29, 1.82) is 0 Å². The average molecular weight is 502 g/mol. The van der Waals surface area contributed by atoms with Crippen LogP contribution in [0.4, 0.5) is 20.3 Å². The van der Waals surface area contributed by atoms with Gasteiger partial charge in [-0.25, -0.2) is 27.2 Å². The van der Waals surface area contributed by atoms with Gasteiger partial charge < -0.3 is 10.2 Å². The number of hydrogen-bond acceptors (Lipinski definition) is 7. The van der Waals surface area contributed by atoms with Gasteiger partial charge in [-0.05, 0) is 63.0 Å². The second kappa shape index (κ2) is 9.92. The molecule has 3 N–H and O–H groups in total. The molecule has 0 bridgehead atoms. The lowest BCUT2D eigenvalue weighted by molar-refractivity contribution is 0.425. The van der Waals surface area contributed by atoms with Crippen LogP contribution >= 0.6 is 0 Å². The normalized spacial score (nSPS) is 11.8. The van der Waals surface area contributed by atoms with Gasteiger partial charge in [-0.1, -0.05) is 6.92 Å². The molecule has 0 unspecified atom stereocenters. The van der Waals surface area contributed by atoms with Crippen LogP contribution in [-0.4, -0.2) is 60.7 Å². The number of sulfonamides is 1.